The lowest BCUT2D eigenvalue weighted by atomic mass is 10.1. The largest absolute Gasteiger partial charge is 0.464 e. The molecule has 198 valence electrons. The fourth-order valence-corrected chi connectivity index (χ4v) is 4.38. The third-order valence-corrected chi connectivity index (χ3v) is 6.35. The molecule has 0 radical (unpaired) electrons. The van der Waals surface area contributed by atoms with Gasteiger partial charge in [0.25, 0.3) is 0 Å². The molecule has 0 aliphatic carbocycles. The van der Waals surface area contributed by atoms with Gasteiger partial charge in [-0.15, -0.1) is 0 Å². The van der Waals surface area contributed by atoms with E-state index in [0.717, 1.165) is 31.7 Å². The van der Waals surface area contributed by atoms with Crippen molar-refractivity contribution in [2.45, 2.75) is 13.5 Å². The summed E-state index contributed by atoms with van der Waals surface area (Å²) in [6, 6.07) is 10.2. The first-order valence-electron chi connectivity index (χ1n) is 12.7. The van der Waals surface area contributed by atoms with Gasteiger partial charge >= 0.3 is 6.01 Å². The molecule has 1 aliphatic heterocycles. The van der Waals surface area contributed by atoms with Crippen LogP contribution in [-0.2, 0) is 6.54 Å². The molecule has 1 saturated heterocycles. The summed E-state index contributed by atoms with van der Waals surface area (Å²) in [5.41, 5.74) is 3.85. The Morgan fingerprint density at radius 2 is 1.82 bits per heavy atom. The molecule has 0 N–H and O–H groups in total. The molecule has 1 fully saturated rings. The van der Waals surface area contributed by atoms with Crippen LogP contribution in [0.2, 0.25) is 0 Å². The highest BCUT2D eigenvalue weighted by atomic mass is 19.1. The number of nitrogens with zero attached hydrogens (tertiary/aromatic N) is 9. The first kappa shape index (κ1) is 25.5. The number of aromatic nitrogens is 5. The van der Waals surface area contributed by atoms with Gasteiger partial charge in [-0.05, 0) is 37.7 Å². The highest BCUT2D eigenvalue weighted by molar-refractivity contribution is 5.87. The Morgan fingerprint density at radius 3 is 2.50 bits per heavy atom. The number of hydrogen-bond donors (Lipinski definition) is 0. The van der Waals surface area contributed by atoms with Crippen LogP contribution in [0.4, 0.5) is 15.9 Å². The van der Waals surface area contributed by atoms with Crippen molar-refractivity contribution in [2.24, 2.45) is 4.99 Å². The Balaban J connectivity index is 1.59. The topological polar surface area (TPSA) is 87.8 Å². The number of benzene rings is 1. The van der Waals surface area contributed by atoms with Crippen molar-refractivity contribution in [3.05, 3.63) is 54.1 Å². The zero-order valence-electron chi connectivity index (χ0n) is 22.2. The summed E-state index contributed by atoms with van der Waals surface area (Å²) in [6.07, 6.45) is 4.42. The first-order valence-corrected chi connectivity index (χ1v) is 12.7. The van der Waals surface area contributed by atoms with Crippen molar-refractivity contribution in [1.82, 2.24) is 34.3 Å². The van der Waals surface area contributed by atoms with Gasteiger partial charge in [0.2, 0.25) is 0 Å². The number of piperazine rings is 1. The molecule has 0 bridgehead atoms. The molecular formula is C27H32FN9O. The number of anilines is 1. The maximum Gasteiger partial charge on any atom is 0.320 e. The second-order valence-electron chi connectivity index (χ2n) is 9.51. The highest BCUT2D eigenvalue weighted by Crippen LogP contribution is 2.31. The van der Waals surface area contributed by atoms with Gasteiger partial charge in [0.05, 0.1) is 25.7 Å². The summed E-state index contributed by atoms with van der Waals surface area (Å²) < 4.78 is 21.8. The predicted octanol–water partition coefficient (Wildman–Crippen LogP) is 3.45. The summed E-state index contributed by atoms with van der Waals surface area (Å²) in [7, 11) is 5.90. The van der Waals surface area contributed by atoms with Crippen molar-refractivity contribution in [3.63, 3.8) is 0 Å². The SMILES string of the molecule is CCOc1nc(/N=C/N(C)C)c2nc(-c3cncc(F)c3)n(Cc3ccc(N4CCN(C)CC4)cc3)c2n1. The smallest absolute Gasteiger partial charge is 0.320 e. The first-order chi connectivity index (χ1) is 18.4. The quantitative estimate of drug-likeness (QED) is 0.260. The van der Waals surface area contributed by atoms with Crippen LogP contribution in [0.3, 0.4) is 0 Å². The number of rotatable bonds is 8. The Kier molecular flexibility index (Phi) is 7.45. The van der Waals surface area contributed by atoms with Crippen LogP contribution < -0.4 is 9.64 Å². The average Bonchev–Trinajstić information content (AvgIpc) is 3.27. The van der Waals surface area contributed by atoms with Crippen molar-refractivity contribution < 1.29 is 9.13 Å². The van der Waals surface area contributed by atoms with Crippen LogP contribution >= 0.6 is 0 Å². The predicted molar refractivity (Wildman–Crippen MR) is 147 cm³/mol. The molecule has 5 rings (SSSR count). The molecule has 3 aromatic heterocycles. The third-order valence-electron chi connectivity index (χ3n) is 6.35. The van der Waals surface area contributed by atoms with Gasteiger partial charge in [-0.3, -0.25) is 4.98 Å². The number of hydrogen-bond acceptors (Lipinski definition) is 8. The molecule has 0 saturated carbocycles. The van der Waals surface area contributed by atoms with E-state index in [-0.39, 0.29) is 6.01 Å². The molecule has 4 aromatic rings. The van der Waals surface area contributed by atoms with Gasteiger partial charge in [-0.1, -0.05) is 12.1 Å². The normalized spacial score (nSPS) is 14.5. The second-order valence-corrected chi connectivity index (χ2v) is 9.51. The van der Waals surface area contributed by atoms with Crippen LogP contribution in [0, 0.1) is 5.82 Å². The van der Waals surface area contributed by atoms with Crippen LogP contribution in [0.25, 0.3) is 22.6 Å². The second kappa shape index (κ2) is 11.1. The zero-order valence-corrected chi connectivity index (χ0v) is 22.2. The third kappa shape index (κ3) is 5.57. The van der Waals surface area contributed by atoms with E-state index in [2.05, 4.69) is 61.1 Å². The lowest BCUT2D eigenvalue weighted by Gasteiger charge is -2.34. The van der Waals surface area contributed by atoms with Crippen molar-refractivity contribution in [1.29, 1.82) is 0 Å². The maximum absolute atomic E-state index is 14.2. The van der Waals surface area contributed by atoms with Crippen molar-refractivity contribution in [2.75, 3.05) is 58.8 Å². The molecule has 38 heavy (non-hydrogen) atoms. The Morgan fingerprint density at radius 1 is 1.05 bits per heavy atom. The minimum absolute atomic E-state index is 0.210. The number of aliphatic imine (C=N–C) groups is 1. The van der Waals surface area contributed by atoms with E-state index in [0.29, 0.717) is 41.5 Å². The molecule has 10 nitrogen and oxygen atoms in total. The molecule has 1 aromatic carbocycles. The van der Waals surface area contributed by atoms with E-state index in [9.17, 15) is 4.39 Å². The number of pyridine rings is 1. The number of imidazole rings is 1. The lowest BCUT2D eigenvalue weighted by molar-refractivity contribution is 0.313. The molecule has 0 atom stereocenters. The van der Waals surface area contributed by atoms with E-state index in [1.807, 2.05) is 30.5 Å². The Hall–Kier alpha value is -4.12. The van der Waals surface area contributed by atoms with Crippen LogP contribution in [0.5, 0.6) is 6.01 Å². The lowest BCUT2D eigenvalue weighted by Crippen LogP contribution is -2.44. The molecule has 11 heteroatoms. The van der Waals surface area contributed by atoms with Crippen molar-refractivity contribution in [3.8, 4) is 17.4 Å². The van der Waals surface area contributed by atoms with E-state index in [1.54, 1.807) is 12.5 Å². The van der Waals surface area contributed by atoms with Gasteiger partial charge in [0, 0.05) is 57.7 Å². The van der Waals surface area contributed by atoms with Gasteiger partial charge in [-0.2, -0.15) is 9.97 Å². The molecule has 0 spiro atoms. The minimum Gasteiger partial charge on any atom is -0.464 e. The van der Waals surface area contributed by atoms with Crippen LogP contribution in [0.1, 0.15) is 12.5 Å². The monoisotopic (exact) mass is 517 g/mol. The van der Waals surface area contributed by atoms with Gasteiger partial charge < -0.3 is 24.0 Å². The summed E-state index contributed by atoms with van der Waals surface area (Å²) in [5, 5.41) is 0. The van der Waals surface area contributed by atoms with Gasteiger partial charge in [0.1, 0.15) is 11.6 Å². The summed E-state index contributed by atoms with van der Waals surface area (Å²) in [6.45, 7) is 6.86. The fourth-order valence-electron chi connectivity index (χ4n) is 4.38. The molecule has 1 aliphatic rings. The van der Waals surface area contributed by atoms with Gasteiger partial charge in [-0.25, -0.2) is 14.4 Å². The molecule has 0 unspecified atom stereocenters. The Bertz CT molecular complexity index is 1430. The van der Waals surface area contributed by atoms with E-state index < -0.39 is 5.82 Å². The van der Waals surface area contributed by atoms with Crippen LogP contribution in [-0.4, -0.2) is 94.6 Å². The Labute approximate surface area is 221 Å². The standard InChI is InChI=1S/C27H32FN9O/c1-5-38-27-32-24(30-18-34(2)3)23-26(33-27)37(25(31-23)20-14-21(28)16-29-15-20)17-19-6-8-22(9-7-19)36-12-10-35(4)11-13-36/h6-9,14-16,18H,5,10-13,17H2,1-4H3/b30-18+. The highest BCUT2D eigenvalue weighted by Gasteiger charge is 2.21. The maximum atomic E-state index is 14.2. The number of fused-ring (bicyclic) bond motifs is 1. The summed E-state index contributed by atoms with van der Waals surface area (Å²) in [4.78, 5) is 29.1. The average molecular weight is 518 g/mol. The molecule has 0 amide bonds. The molecule has 4 heterocycles. The zero-order chi connectivity index (χ0) is 26.6. The number of likely N-dealkylation sites (N-methyl/N-ethyl adjacent to an activating group) is 1. The fraction of sp³-hybridized carbons (Fsp3) is 0.370. The minimum atomic E-state index is -0.440. The van der Waals surface area contributed by atoms with Crippen LogP contribution in [0.15, 0.2) is 47.7 Å². The number of ether oxygens (including phenoxy) is 1. The van der Waals surface area contributed by atoms with E-state index in [4.69, 9.17) is 9.72 Å². The van der Waals surface area contributed by atoms with E-state index in [1.165, 1.54) is 18.0 Å². The summed E-state index contributed by atoms with van der Waals surface area (Å²) >= 11 is 0. The van der Waals surface area contributed by atoms with Gasteiger partial charge in [0.15, 0.2) is 17.0 Å². The number of halogens is 1. The molecular weight excluding hydrogens is 485 g/mol. The van der Waals surface area contributed by atoms with E-state index >= 15 is 0 Å². The van der Waals surface area contributed by atoms with Crippen molar-refractivity contribution >= 4 is 29.0 Å². The summed E-state index contributed by atoms with van der Waals surface area (Å²) in [5.74, 6) is 0.464.